The number of amides is 2. The van der Waals surface area contributed by atoms with Crippen LogP contribution in [-0.4, -0.2) is 50.8 Å². The molecule has 1 aromatic carbocycles. The number of hydrogen-bond acceptors (Lipinski definition) is 6. The molecule has 31 heavy (non-hydrogen) atoms. The fraction of sp³-hybridized carbons (Fsp3) is 0.364. The Balaban J connectivity index is 1.58. The molecule has 164 valence electrons. The zero-order valence-electron chi connectivity index (χ0n) is 18.2. The molecule has 2 heterocycles. The summed E-state index contributed by atoms with van der Waals surface area (Å²) in [4.78, 5) is 26.2. The maximum absolute atomic E-state index is 12.6. The normalized spacial score (nSPS) is 11.0. The van der Waals surface area contributed by atoms with Gasteiger partial charge in [0.1, 0.15) is 0 Å². The Bertz CT molecular complexity index is 1010. The van der Waals surface area contributed by atoms with Gasteiger partial charge in [-0.25, -0.2) is 0 Å². The minimum atomic E-state index is -0.243. The summed E-state index contributed by atoms with van der Waals surface area (Å²) in [5.74, 6) is 1.39. The summed E-state index contributed by atoms with van der Waals surface area (Å²) >= 11 is 1.30. The number of aryl methyl sites for hydroxylation is 1. The van der Waals surface area contributed by atoms with Crippen molar-refractivity contribution in [3.63, 3.8) is 0 Å². The van der Waals surface area contributed by atoms with Gasteiger partial charge in [-0.2, -0.15) is 0 Å². The van der Waals surface area contributed by atoms with Crippen molar-refractivity contribution in [2.45, 2.75) is 32.5 Å². The summed E-state index contributed by atoms with van der Waals surface area (Å²) in [6.45, 7) is 6.87. The molecular weight excluding hydrogens is 414 g/mol. The molecule has 1 N–H and O–H groups in total. The van der Waals surface area contributed by atoms with Crippen molar-refractivity contribution in [2.24, 2.45) is 5.92 Å². The van der Waals surface area contributed by atoms with E-state index >= 15 is 0 Å². The smallest absolute Gasteiger partial charge is 0.243 e. The molecule has 0 aliphatic heterocycles. The Morgan fingerprint density at radius 1 is 1.19 bits per heavy atom. The average Bonchev–Trinajstić information content (AvgIpc) is 3.37. The number of likely N-dealkylation sites (N-methyl/N-ethyl adjacent to an activating group) is 1. The summed E-state index contributed by atoms with van der Waals surface area (Å²) in [7, 11) is 1.62. The van der Waals surface area contributed by atoms with Crippen LogP contribution >= 0.6 is 11.8 Å². The molecule has 0 saturated carbocycles. The van der Waals surface area contributed by atoms with Gasteiger partial charge in [0.25, 0.3) is 0 Å². The Morgan fingerprint density at radius 3 is 2.58 bits per heavy atom. The van der Waals surface area contributed by atoms with E-state index in [9.17, 15) is 9.59 Å². The molecule has 2 amide bonds. The quantitative estimate of drug-likeness (QED) is 0.509. The molecule has 0 unspecified atom stereocenters. The first-order chi connectivity index (χ1) is 14.8. The van der Waals surface area contributed by atoms with E-state index in [2.05, 4.69) is 29.4 Å². The summed E-state index contributed by atoms with van der Waals surface area (Å²) in [6, 6.07) is 11.2. The van der Waals surface area contributed by atoms with Crippen LogP contribution in [0.4, 0.5) is 5.69 Å². The number of thioether (sulfide) groups is 1. The number of hydrogen-bond donors (Lipinski definition) is 1. The van der Waals surface area contributed by atoms with E-state index in [-0.39, 0.29) is 24.1 Å². The van der Waals surface area contributed by atoms with E-state index in [1.165, 1.54) is 16.7 Å². The van der Waals surface area contributed by atoms with Crippen molar-refractivity contribution in [1.82, 2.24) is 19.7 Å². The van der Waals surface area contributed by atoms with E-state index in [1.54, 1.807) is 19.4 Å². The second-order valence-electron chi connectivity index (χ2n) is 7.74. The van der Waals surface area contributed by atoms with E-state index < -0.39 is 0 Å². The first kappa shape index (κ1) is 22.6. The van der Waals surface area contributed by atoms with Crippen molar-refractivity contribution in [1.29, 1.82) is 0 Å². The van der Waals surface area contributed by atoms with Crippen LogP contribution in [0.3, 0.4) is 0 Å². The molecular formula is C22H27N5O3S. The van der Waals surface area contributed by atoms with Crippen LogP contribution in [0.1, 0.15) is 19.4 Å². The third kappa shape index (κ3) is 6.21. The molecule has 0 saturated heterocycles. The summed E-state index contributed by atoms with van der Waals surface area (Å²) < 4.78 is 7.43. The molecule has 0 atom stereocenters. The zero-order chi connectivity index (χ0) is 22.4. The molecule has 0 aliphatic carbocycles. The molecule has 3 rings (SSSR count). The second-order valence-corrected chi connectivity index (χ2v) is 8.68. The van der Waals surface area contributed by atoms with Crippen molar-refractivity contribution in [2.75, 3.05) is 24.7 Å². The van der Waals surface area contributed by atoms with Crippen LogP contribution in [0.15, 0.2) is 52.2 Å². The van der Waals surface area contributed by atoms with Gasteiger partial charge in [0.05, 0.1) is 18.6 Å². The number of nitrogens with one attached hydrogen (secondary N) is 1. The lowest BCUT2D eigenvalue weighted by atomic mass is 10.2. The number of nitrogens with zero attached hydrogens (tertiary/aromatic N) is 4. The number of rotatable bonds is 9. The summed E-state index contributed by atoms with van der Waals surface area (Å²) in [6.07, 6.45) is 1.59. The van der Waals surface area contributed by atoms with E-state index in [0.29, 0.717) is 34.9 Å². The number of benzene rings is 1. The Morgan fingerprint density at radius 2 is 1.94 bits per heavy atom. The molecule has 8 nitrogen and oxygen atoms in total. The summed E-state index contributed by atoms with van der Waals surface area (Å²) in [5, 5.41) is 11.9. The van der Waals surface area contributed by atoms with Gasteiger partial charge in [-0.05, 0) is 37.1 Å². The van der Waals surface area contributed by atoms with Gasteiger partial charge in [0, 0.05) is 19.3 Å². The molecule has 0 fully saturated rings. The largest absolute Gasteiger partial charge is 0.461 e. The standard InChI is InChI=1S/C22H27N5O3S/c1-15(2)12-27-21(18-6-5-11-30-18)24-25-22(27)31-14-20(29)26(4)13-19(28)23-17-9-7-16(3)8-10-17/h5-11,15H,12-14H2,1-4H3,(H,23,28). The van der Waals surface area contributed by atoms with Crippen LogP contribution < -0.4 is 5.32 Å². The number of carbonyl (C=O) groups excluding carboxylic acids is 2. The molecule has 3 aromatic rings. The highest BCUT2D eigenvalue weighted by Gasteiger charge is 2.20. The van der Waals surface area contributed by atoms with Crippen molar-refractivity contribution in [3.05, 3.63) is 48.2 Å². The molecule has 9 heteroatoms. The lowest BCUT2D eigenvalue weighted by Crippen LogP contribution is -2.36. The Labute approximate surface area is 186 Å². The van der Waals surface area contributed by atoms with Crippen molar-refractivity contribution in [3.8, 4) is 11.6 Å². The van der Waals surface area contributed by atoms with Gasteiger partial charge in [0.2, 0.25) is 11.8 Å². The third-order valence-corrected chi connectivity index (χ3v) is 5.42. The van der Waals surface area contributed by atoms with Crippen LogP contribution in [0, 0.1) is 12.8 Å². The fourth-order valence-electron chi connectivity index (χ4n) is 2.89. The van der Waals surface area contributed by atoms with Crippen molar-refractivity contribution < 1.29 is 14.0 Å². The predicted molar refractivity (Wildman–Crippen MR) is 121 cm³/mol. The second kappa shape index (κ2) is 10.3. The zero-order valence-corrected chi connectivity index (χ0v) is 19.0. The Hall–Kier alpha value is -3.07. The lowest BCUT2D eigenvalue weighted by Gasteiger charge is -2.17. The summed E-state index contributed by atoms with van der Waals surface area (Å²) in [5.41, 5.74) is 1.82. The van der Waals surface area contributed by atoms with Gasteiger partial charge >= 0.3 is 0 Å². The predicted octanol–water partition coefficient (Wildman–Crippen LogP) is 3.69. The SMILES string of the molecule is Cc1ccc(NC(=O)CN(C)C(=O)CSc2nnc(-c3ccco3)n2CC(C)C)cc1. The van der Waals surface area contributed by atoms with Crippen molar-refractivity contribution >= 4 is 29.3 Å². The minimum absolute atomic E-state index is 0.0242. The number of furan rings is 1. The third-order valence-electron chi connectivity index (χ3n) is 4.47. The van der Waals surface area contributed by atoms with Crippen LogP contribution in [-0.2, 0) is 16.1 Å². The highest BCUT2D eigenvalue weighted by atomic mass is 32.2. The monoisotopic (exact) mass is 441 g/mol. The van der Waals surface area contributed by atoms with Gasteiger partial charge < -0.3 is 14.6 Å². The van der Waals surface area contributed by atoms with E-state index in [4.69, 9.17) is 4.42 Å². The van der Waals surface area contributed by atoms with Crippen LogP contribution in [0.5, 0.6) is 0 Å². The molecule has 0 bridgehead atoms. The van der Waals surface area contributed by atoms with E-state index in [0.717, 1.165) is 5.56 Å². The average molecular weight is 442 g/mol. The van der Waals surface area contributed by atoms with Crippen LogP contribution in [0.25, 0.3) is 11.6 Å². The number of anilines is 1. The topological polar surface area (TPSA) is 93.3 Å². The minimum Gasteiger partial charge on any atom is -0.461 e. The van der Waals surface area contributed by atoms with E-state index in [1.807, 2.05) is 41.8 Å². The number of carbonyl (C=O) groups is 2. The fourth-order valence-corrected chi connectivity index (χ4v) is 3.78. The van der Waals surface area contributed by atoms with Gasteiger partial charge in [-0.1, -0.05) is 43.3 Å². The molecule has 0 spiro atoms. The molecule has 2 aromatic heterocycles. The Kier molecular flexibility index (Phi) is 7.51. The van der Waals surface area contributed by atoms with Crippen LogP contribution in [0.2, 0.25) is 0 Å². The van der Waals surface area contributed by atoms with Gasteiger partial charge in [-0.3, -0.25) is 14.2 Å². The molecule has 0 aliphatic rings. The first-order valence-corrected chi connectivity index (χ1v) is 11.0. The maximum Gasteiger partial charge on any atom is 0.243 e. The first-order valence-electron chi connectivity index (χ1n) is 10.0. The lowest BCUT2D eigenvalue weighted by molar-refractivity contribution is -0.131. The van der Waals surface area contributed by atoms with Gasteiger partial charge in [-0.15, -0.1) is 10.2 Å². The maximum atomic E-state index is 12.6. The molecule has 0 radical (unpaired) electrons. The highest BCUT2D eigenvalue weighted by molar-refractivity contribution is 7.99. The highest BCUT2D eigenvalue weighted by Crippen LogP contribution is 2.25. The van der Waals surface area contributed by atoms with Gasteiger partial charge in [0.15, 0.2) is 16.7 Å². The number of aromatic nitrogens is 3.